The van der Waals surface area contributed by atoms with E-state index in [-0.39, 0.29) is 17.9 Å². The molecule has 1 N–H and O–H groups in total. The highest BCUT2D eigenvalue weighted by molar-refractivity contribution is 7.92. The zero-order chi connectivity index (χ0) is 23.7. The molecule has 0 saturated carbocycles. The molecule has 7 nitrogen and oxygen atoms in total. The number of rotatable bonds is 6. The number of anilines is 3. The van der Waals surface area contributed by atoms with Crippen molar-refractivity contribution in [3.05, 3.63) is 53.6 Å². The van der Waals surface area contributed by atoms with Crippen molar-refractivity contribution >= 4 is 38.9 Å². The summed E-state index contributed by atoms with van der Waals surface area (Å²) in [6.07, 6.45) is 2.48. The van der Waals surface area contributed by atoms with Crippen molar-refractivity contribution < 1.29 is 18.0 Å². The molecule has 0 aromatic heterocycles. The Morgan fingerprint density at radius 2 is 1.78 bits per heavy atom. The van der Waals surface area contributed by atoms with E-state index in [0.717, 1.165) is 33.8 Å². The topological polar surface area (TPSA) is 86.8 Å². The SMILES string of the molecule is Cc1cc(NC(=O)CN(c2ccc(C(C)(C)C)cc2)S(C)(=O)=O)ccc1N1CCCC1=O. The van der Waals surface area contributed by atoms with Crippen LogP contribution in [0.5, 0.6) is 0 Å². The van der Waals surface area contributed by atoms with Crippen LogP contribution in [0.4, 0.5) is 17.1 Å². The summed E-state index contributed by atoms with van der Waals surface area (Å²) in [6.45, 7) is 8.49. The number of carbonyl (C=O) groups excluding carboxylic acids is 2. The molecule has 32 heavy (non-hydrogen) atoms. The Morgan fingerprint density at radius 1 is 1.12 bits per heavy atom. The van der Waals surface area contributed by atoms with Crippen LogP contribution in [0.3, 0.4) is 0 Å². The number of benzene rings is 2. The van der Waals surface area contributed by atoms with Crippen LogP contribution >= 0.6 is 0 Å². The molecule has 2 amide bonds. The number of hydrogen-bond acceptors (Lipinski definition) is 4. The summed E-state index contributed by atoms with van der Waals surface area (Å²) in [5.74, 6) is -0.342. The van der Waals surface area contributed by atoms with Crippen LogP contribution in [0.1, 0.15) is 44.7 Å². The van der Waals surface area contributed by atoms with Crippen LogP contribution in [0, 0.1) is 6.92 Å². The van der Waals surface area contributed by atoms with E-state index in [0.29, 0.717) is 24.3 Å². The van der Waals surface area contributed by atoms with Crippen molar-refractivity contribution in [1.29, 1.82) is 0 Å². The van der Waals surface area contributed by atoms with E-state index in [9.17, 15) is 18.0 Å². The normalized spacial score (nSPS) is 14.5. The second kappa shape index (κ2) is 8.94. The number of amides is 2. The Hall–Kier alpha value is -2.87. The minimum atomic E-state index is -3.66. The quantitative estimate of drug-likeness (QED) is 0.714. The summed E-state index contributed by atoms with van der Waals surface area (Å²) in [5, 5.41) is 2.77. The van der Waals surface area contributed by atoms with Gasteiger partial charge in [-0.25, -0.2) is 8.42 Å². The van der Waals surface area contributed by atoms with Gasteiger partial charge in [0.05, 0.1) is 11.9 Å². The average molecular weight is 458 g/mol. The number of sulfonamides is 1. The average Bonchev–Trinajstić information content (AvgIpc) is 3.10. The molecule has 0 unspecified atom stereocenters. The van der Waals surface area contributed by atoms with E-state index in [2.05, 4.69) is 26.1 Å². The Labute approximate surface area is 190 Å². The van der Waals surface area contributed by atoms with Crippen LogP contribution in [-0.4, -0.2) is 39.6 Å². The largest absolute Gasteiger partial charge is 0.325 e. The van der Waals surface area contributed by atoms with E-state index in [1.807, 2.05) is 25.1 Å². The fraction of sp³-hybridized carbons (Fsp3) is 0.417. The first kappa shape index (κ1) is 23.8. The molecular formula is C24H31N3O4S. The van der Waals surface area contributed by atoms with Crippen LogP contribution in [0.25, 0.3) is 0 Å². The Balaban J connectivity index is 1.75. The highest BCUT2D eigenvalue weighted by Gasteiger charge is 2.24. The Bertz CT molecular complexity index is 1120. The molecule has 0 spiro atoms. The number of hydrogen-bond donors (Lipinski definition) is 1. The molecule has 1 aliphatic rings. The van der Waals surface area contributed by atoms with Gasteiger partial charge < -0.3 is 10.2 Å². The van der Waals surface area contributed by atoms with E-state index in [4.69, 9.17) is 0 Å². The first-order valence-electron chi connectivity index (χ1n) is 10.7. The highest BCUT2D eigenvalue weighted by atomic mass is 32.2. The van der Waals surface area contributed by atoms with Gasteiger partial charge in [0.15, 0.2) is 0 Å². The first-order valence-corrected chi connectivity index (χ1v) is 12.5. The Morgan fingerprint density at radius 3 is 2.28 bits per heavy atom. The molecule has 2 aromatic carbocycles. The lowest BCUT2D eigenvalue weighted by atomic mass is 9.87. The molecule has 1 heterocycles. The van der Waals surface area contributed by atoms with Gasteiger partial charge in [-0.1, -0.05) is 32.9 Å². The van der Waals surface area contributed by atoms with E-state index in [1.54, 1.807) is 29.2 Å². The van der Waals surface area contributed by atoms with Crippen molar-refractivity contribution in [2.24, 2.45) is 0 Å². The Kier molecular flexibility index (Phi) is 6.64. The van der Waals surface area contributed by atoms with Gasteiger partial charge in [-0.15, -0.1) is 0 Å². The highest BCUT2D eigenvalue weighted by Crippen LogP contribution is 2.28. The van der Waals surface area contributed by atoms with Gasteiger partial charge in [0, 0.05) is 24.3 Å². The minimum Gasteiger partial charge on any atom is -0.325 e. The minimum absolute atomic E-state index is 0.0600. The number of aryl methyl sites for hydroxylation is 1. The fourth-order valence-electron chi connectivity index (χ4n) is 3.80. The number of carbonyl (C=O) groups is 2. The summed E-state index contributed by atoms with van der Waals surface area (Å²) in [7, 11) is -3.66. The molecule has 1 saturated heterocycles. The van der Waals surface area contributed by atoms with Gasteiger partial charge in [0.2, 0.25) is 21.8 Å². The fourth-order valence-corrected chi connectivity index (χ4v) is 4.65. The predicted molar refractivity (Wildman–Crippen MR) is 129 cm³/mol. The standard InChI is InChI=1S/C24H31N3O4S/c1-17-15-19(10-13-21(17)26-14-6-7-23(26)29)25-22(28)16-27(32(5,30)31)20-11-8-18(9-12-20)24(2,3)4/h8-13,15H,6-7,14,16H2,1-5H3,(H,25,28). The van der Waals surface area contributed by atoms with Gasteiger partial charge in [0.25, 0.3) is 0 Å². The molecule has 1 fully saturated rings. The third kappa shape index (κ3) is 5.48. The van der Waals surface area contributed by atoms with E-state index in [1.165, 1.54) is 0 Å². The number of nitrogens with zero attached hydrogens (tertiary/aromatic N) is 2. The van der Waals surface area contributed by atoms with Gasteiger partial charge >= 0.3 is 0 Å². The summed E-state index contributed by atoms with van der Waals surface area (Å²) in [4.78, 5) is 26.5. The molecular weight excluding hydrogens is 426 g/mol. The lowest BCUT2D eigenvalue weighted by molar-refractivity contribution is -0.117. The molecule has 8 heteroatoms. The smallest absolute Gasteiger partial charge is 0.245 e. The van der Waals surface area contributed by atoms with Crippen molar-refractivity contribution in [2.75, 3.05) is 33.9 Å². The van der Waals surface area contributed by atoms with Gasteiger partial charge in [-0.3, -0.25) is 13.9 Å². The van der Waals surface area contributed by atoms with Crippen molar-refractivity contribution in [3.8, 4) is 0 Å². The van der Waals surface area contributed by atoms with E-state index >= 15 is 0 Å². The molecule has 0 radical (unpaired) electrons. The maximum atomic E-state index is 12.7. The van der Waals surface area contributed by atoms with Gasteiger partial charge in [-0.05, 0) is 60.2 Å². The van der Waals surface area contributed by atoms with Crippen molar-refractivity contribution in [2.45, 2.75) is 46.0 Å². The monoisotopic (exact) mass is 457 g/mol. The maximum Gasteiger partial charge on any atom is 0.245 e. The maximum absolute atomic E-state index is 12.7. The van der Waals surface area contributed by atoms with Crippen molar-refractivity contribution in [1.82, 2.24) is 0 Å². The molecule has 2 aromatic rings. The zero-order valence-corrected chi connectivity index (χ0v) is 20.1. The summed E-state index contributed by atoms with van der Waals surface area (Å²) in [6, 6.07) is 12.5. The van der Waals surface area contributed by atoms with E-state index < -0.39 is 15.9 Å². The van der Waals surface area contributed by atoms with Gasteiger partial charge in [-0.2, -0.15) is 0 Å². The summed E-state index contributed by atoms with van der Waals surface area (Å²) >= 11 is 0. The summed E-state index contributed by atoms with van der Waals surface area (Å²) < 4.78 is 25.9. The molecule has 1 aliphatic heterocycles. The van der Waals surface area contributed by atoms with Crippen LogP contribution in [0.2, 0.25) is 0 Å². The van der Waals surface area contributed by atoms with Crippen LogP contribution < -0.4 is 14.5 Å². The predicted octanol–water partition coefficient (Wildman–Crippen LogP) is 3.82. The van der Waals surface area contributed by atoms with Gasteiger partial charge in [0.1, 0.15) is 6.54 Å². The molecule has 0 bridgehead atoms. The third-order valence-electron chi connectivity index (χ3n) is 5.55. The van der Waals surface area contributed by atoms with Crippen molar-refractivity contribution in [3.63, 3.8) is 0 Å². The molecule has 0 atom stereocenters. The van der Waals surface area contributed by atoms with Crippen LogP contribution in [0.15, 0.2) is 42.5 Å². The zero-order valence-electron chi connectivity index (χ0n) is 19.3. The lowest BCUT2D eigenvalue weighted by Crippen LogP contribution is -2.37. The number of nitrogens with one attached hydrogen (secondary N) is 1. The lowest BCUT2D eigenvalue weighted by Gasteiger charge is -2.24. The second-order valence-corrected chi connectivity index (χ2v) is 11.2. The third-order valence-corrected chi connectivity index (χ3v) is 6.69. The second-order valence-electron chi connectivity index (χ2n) is 9.26. The summed E-state index contributed by atoms with van der Waals surface area (Å²) in [5.41, 5.74) is 3.72. The van der Waals surface area contributed by atoms with Crippen LogP contribution in [-0.2, 0) is 25.0 Å². The molecule has 0 aliphatic carbocycles. The molecule has 172 valence electrons. The first-order chi connectivity index (χ1) is 14.9. The molecule has 3 rings (SSSR count).